The number of H-pyrrole nitrogens is 1. The largest absolute Gasteiger partial charge is 0.390 e. The fraction of sp³-hybridized carbons (Fsp3) is 0.250. The Kier molecular flexibility index (Phi) is 4.21. The topological polar surface area (TPSA) is 74.8 Å². The van der Waals surface area contributed by atoms with E-state index in [4.69, 9.17) is 0 Å². The van der Waals surface area contributed by atoms with E-state index in [2.05, 4.69) is 14.9 Å². The van der Waals surface area contributed by atoms with Crippen LogP contribution in [0.3, 0.4) is 0 Å². The van der Waals surface area contributed by atoms with Crippen LogP contribution < -0.4 is 4.72 Å². The Morgan fingerprint density at radius 1 is 1.14 bits per heavy atom. The monoisotopic (exact) mass is 319 g/mol. The van der Waals surface area contributed by atoms with Crippen molar-refractivity contribution < 1.29 is 21.6 Å². The average Bonchev–Trinajstić information content (AvgIpc) is 2.90. The first-order valence-electron chi connectivity index (χ1n) is 5.92. The molecule has 1 aromatic carbocycles. The van der Waals surface area contributed by atoms with Gasteiger partial charge in [-0.05, 0) is 23.8 Å². The van der Waals surface area contributed by atoms with Gasteiger partial charge in [-0.2, -0.15) is 18.3 Å². The molecule has 0 spiro atoms. The third-order valence-corrected chi connectivity index (χ3v) is 3.91. The molecule has 2 aromatic rings. The molecule has 0 bridgehead atoms. The van der Waals surface area contributed by atoms with Gasteiger partial charge in [-0.25, -0.2) is 8.42 Å². The normalized spacial score (nSPS) is 12.3. The molecule has 2 rings (SSSR count). The molecule has 1 heterocycles. The number of aromatic amines is 1. The minimum atomic E-state index is -4.50. The standard InChI is InChI=1S/C12H12F3N3O2S/c13-12(14,15)6-8-21(19,20)18-10-3-1-9(2-4-10)11-5-7-16-17-11/h1-5,7,18H,6,8H2,(H,16,17). The molecule has 2 N–H and O–H groups in total. The maximum Gasteiger partial charge on any atom is 0.390 e. The first-order valence-corrected chi connectivity index (χ1v) is 7.57. The number of hydrogen-bond acceptors (Lipinski definition) is 3. The second kappa shape index (κ2) is 5.76. The second-order valence-corrected chi connectivity index (χ2v) is 6.18. The highest BCUT2D eigenvalue weighted by Gasteiger charge is 2.29. The van der Waals surface area contributed by atoms with E-state index in [0.29, 0.717) is 0 Å². The molecule has 1 aromatic heterocycles. The Bertz CT molecular complexity index is 680. The molecule has 5 nitrogen and oxygen atoms in total. The predicted molar refractivity (Wildman–Crippen MR) is 72.1 cm³/mol. The van der Waals surface area contributed by atoms with Crippen molar-refractivity contribution in [2.75, 3.05) is 10.5 Å². The molecule has 0 fully saturated rings. The molecule has 114 valence electrons. The van der Waals surface area contributed by atoms with E-state index in [9.17, 15) is 21.6 Å². The maximum atomic E-state index is 12.0. The average molecular weight is 319 g/mol. The van der Waals surface area contributed by atoms with E-state index in [1.807, 2.05) is 0 Å². The Labute approximate surface area is 119 Å². The van der Waals surface area contributed by atoms with Crippen LogP contribution in [0.4, 0.5) is 18.9 Å². The van der Waals surface area contributed by atoms with Crippen LogP contribution in [0.2, 0.25) is 0 Å². The SMILES string of the molecule is O=S(=O)(CCC(F)(F)F)Nc1ccc(-c2ccn[nH]2)cc1. The molecule has 0 aliphatic heterocycles. The van der Waals surface area contributed by atoms with Gasteiger partial charge in [0.15, 0.2) is 0 Å². The lowest BCUT2D eigenvalue weighted by atomic mass is 10.1. The van der Waals surface area contributed by atoms with Crippen LogP contribution in [0.25, 0.3) is 11.3 Å². The first-order chi connectivity index (χ1) is 9.75. The van der Waals surface area contributed by atoms with E-state index in [1.54, 1.807) is 24.4 Å². The third kappa shape index (κ3) is 4.78. The molecule has 21 heavy (non-hydrogen) atoms. The summed E-state index contributed by atoms with van der Waals surface area (Å²) in [7, 11) is -4.02. The summed E-state index contributed by atoms with van der Waals surface area (Å²) < 4.78 is 61.3. The van der Waals surface area contributed by atoms with Crippen molar-refractivity contribution in [3.8, 4) is 11.3 Å². The molecular formula is C12H12F3N3O2S. The Balaban J connectivity index is 2.03. The highest BCUT2D eigenvalue weighted by atomic mass is 32.2. The van der Waals surface area contributed by atoms with E-state index in [1.165, 1.54) is 12.1 Å². The Hall–Kier alpha value is -2.03. The fourth-order valence-corrected chi connectivity index (χ4v) is 2.71. The van der Waals surface area contributed by atoms with Gasteiger partial charge in [-0.1, -0.05) is 12.1 Å². The van der Waals surface area contributed by atoms with Gasteiger partial charge >= 0.3 is 6.18 Å². The van der Waals surface area contributed by atoms with Gasteiger partial charge < -0.3 is 0 Å². The van der Waals surface area contributed by atoms with Gasteiger partial charge in [0.1, 0.15) is 0 Å². The molecule has 0 aliphatic rings. The Morgan fingerprint density at radius 2 is 1.81 bits per heavy atom. The van der Waals surface area contributed by atoms with Crippen LogP contribution in [0.1, 0.15) is 6.42 Å². The number of hydrogen-bond donors (Lipinski definition) is 2. The molecular weight excluding hydrogens is 307 g/mol. The lowest BCUT2D eigenvalue weighted by molar-refractivity contribution is -0.129. The minimum Gasteiger partial charge on any atom is -0.284 e. The predicted octanol–water partition coefficient (Wildman–Crippen LogP) is 2.77. The maximum absolute atomic E-state index is 12.0. The third-order valence-electron chi connectivity index (χ3n) is 2.62. The van der Waals surface area contributed by atoms with Crippen LogP contribution in [0, 0.1) is 0 Å². The van der Waals surface area contributed by atoms with Crippen molar-refractivity contribution in [3.05, 3.63) is 36.5 Å². The van der Waals surface area contributed by atoms with E-state index >= 15 is 0 Å². The van der Waals surface area contributed by atoms with Gasteiger partial charge in [-0.3, -0.25) is 9.82 Å². The zero-order chi connectivity index (χ0) is 15.5. The Morgan fingerprint density at radius 3 is 2.33 bits per heavy atom. The summed E-state index contributed by atoms with van der Waals surface area (Å²) in [5.74, 6) is -1.00. The number of anilines is 1. The number of halogens is 3. The van der Waals surface area contributed by atoms with Crippen LogP contribution in [0.5, 0.6) is 0 Å². The lowest BCUT2D eigenvalue weighted by Gasteiger charge is -2.10. The minimum absolute atomic E-state index is 0.209. The van der Waals surface area contributed by atoms with Crippen LogP contribution in [-0.2, 0) is 10.0 Å². The van der Waals surface area contributed by atoms with Crippen LogP contribution in [-0.4, -0.2) is 30.5 Å². The zero-order valence-corrected chi connectivity index (χ0v) is 11.5. The van der Waals surface area contributed by atoms with Crippen molar-refractivity contribution in [1.82, 2.24) is 10.2 Å². The van der Waals surface area contributed by atoms with E-state index in [0.717, 1.165) is 11.3 Å². The number of alkyl halides is 3. The summed E-state index contributed by atoms with van der Waals surface area (Å²) in [5, 5.41) is 6.53. The molecule has 0 saturated carbocycles. The molecule has 0 saturated heterocycles. The van der Waals surface area contributed by atoms with E-state index < -0.39 is 28.4 Å². The van der Waals surface area contributed by atoms with Crippen molar-refractivity contribution in [2.45, 2.75) is 12.6 Å². The number of nitrogens with zero attached hydrogens (tertiary/aromatic N) is 1. The van der Waals surface area contributed by atoms with Gasteiger partial charge in [-0.15, -0.1) is 0 Å². The highest BCUT2D eigenvalue weighted by Crippen LogP contribution is 2.22. The molecule has 0 unspecified atom stereocenters. The highest BCUT2D eigenvalue weighted by molar-refractivity contribution is 7.92. The number of rotatable bonds is 5. The van der Waals surface area contributed by atoms with Gasteiger partial charge in [0.2, 0.25) is 10.0 Å². The summed E-state index contributed by atoms with van der Waals surface area (Å²) in [6.45, 7) is 0. The first kappa shape index (κ1) is 15.4. The van der Waals surface area contributed by atoms with Crippen LogP contribution in [0.15, 0.2) is 36.5 Å². The second-order valence-electron chi connectivity index (χ2n) is 4.33. The van der Waals surface area contributed by atoms with Crippen molar-refractivity contribution in [1.29, 1.82) is 0 Å². The number of sulfonamides is 1. The molecule has 0 amide bonds. The fourth-order valence-electron chi connectivity index (χ4n) is 1.62. The molecule has 0 aliphatic carbocycles. The molecule has 0 atom stereocenters. The smallest absolute Gasteiger partial charge is 0.284 e. The summed E-state index contributed by atoms with van der Waals surface area (Å²) >= 11 is 0. The quantitative estimate of drug-likeness (QED) is 0.890. The molecule has 9 heteroatoms. The van der Waals surface area contributed by atoms with Gasteiger partial charge in [0.05, 0.1) is 17.9 Å². The lowest BCUT2D eigenvalue weighted by Crippen LogP contribution is -2.21. The van der Waals surface area contributed by atoms with E-state index in [-0.39, 0.29) is 5.69 Å². The molecule has 0 radical (unpaired) electrons. The zero-order valence-electron chi connectivity index (χ0n) is 10.7. The van der Waals surface area contributed by atoms with Crippen molar-refractivity contribution in [3.63, 3.8) is 0 Å². The van der Waals surface area contributed by atoms with Gasteiger partial charge in [0.25, 0.3) is 0 Å². The summed E-state index contributed by atoms with van der Waals surface area (Å²) in [4.78, 5) is 0. The summed E-state index contributed by atoms with van der Waals surface area (Å²) in [6.07, 6.45) is -4.31. The number of aromatic nitrogens is 2. The number of nitrogens with one attached hydrogen (secondary N) is 2. The van der Waals surface area contributed by atoms with Crippen molar-refractivity contribution in [2.24, 2.45) is 0 Å². The van der Waals surface area contributed by atoms with Crippen LogP contribution >= 0.6 is 0 Å². The summed E-state index contributed by atoms with van der Waals surface area (Å²) in [5.41, 5.74) is 1.74. The van der Waals surface area contributed by atoms with Crippen molar-refractivity contribution >= 4 is 15.7 Å². The number of benzene rings is 1. The van der Waals surface area contributed by atoms with Gasteiger partial charge in [0, 0.05) is 11.9 Å². The summed E-state index contributed by atoms with van der Waals surface area (Å²) in [6, 6.07) is 7.95.